The van der Waals surface area contributed by atoms with Gasteiger partial charge in [-0.2, -0.15) is 0 Å². The summed E-state index contributed by atoms with van der Waals surface area (Å²) < 4.78 is 2.09. The smallest absolute Gasteiger partial charge is 0.207 e. The summed E-state index contributed by atoms with van der Waals surface area (Å²) in [5, 5.41) is 1.86. The van der Waals surface area contributed by atoms with Crippen LogP contribution in [0.3, 0.4) is 0 Å². The number of hydrogen-bond acceptors (Lipinski definition) is 4. The van der Waals surface area contributed by atoms with E-state index in [0.717, 1.165) is 73.5 Å². The second-order valence-electron chi connectivity index (χ2n) is 9.81. The third-order valence-corrected chi connectivity index (χ3v) is 8.55. The summed E-state index contributed by atoms with van der Waals surface area (Å²) in [6.45, 7) is 4.02. The molecule has 0 atom stereocenters. The molecule has 1 aliphatic rings. The average molecular weight is 483 g/mol. The Kier molecular flexibility index (Phi) is 5.77. The van der Waals surface area contributed by atoms with Gasteiger partial charge in [0, 0.05) is 22.8 Å². The summed E-state index contributed by atoms with van der Waals surface area (Å²) >= 11 is 1.52. The molecule has 0 spiro atoms. The molecule has 4 heterocycles. The van der Waals surface area contributed by atoms with Crippen molar-refractivity contribution in [2.45, 2.75) is 58.8 Å². The van der Waals surface area contributed by atoms with E-state index in [0.29, 0.717) is 0 Å². The van der Waals surface area contributed by atoms with Crippen molar-refractivity contribution < 1.29 is 4.79 Å². The Morgan fingerprint density at radius 1 is 1.06 bits per heavy atom. The third-order valence-electron chi connectivity index (χ3n) is 7.45. The first-order valence-electron chi connectivity index (χ1n) is 12.7. The van der Waals surface area contributed by atoms with Crippen LogP contribution in [0.1, 0.15) is 70.8 Å². The van der Waals surface area contributed by atoms with E-state index in [4.69, 9.17) is 9.97 Å². The van der Waals surface area contributed by atoms with E-state index >= 15 is 0 Å². The molecule has 1 saturated carbocycles. The van der Waals surface area contributed by atoms with Crippen molar-refractivity contribution in [3.8, 4) is 10.7 Å². The number of H-pyrrole nitrogens is 1. The Balaban J connectivity index is 1.45. The minimum Gasteiger partial charge on any atom is -0.358 e. The van der Waals surface area contributed by atoms with Crippen molar-refractivity contribution in [3.05, 3.63) is 76.2 Å². The van der Waals surface area contributed by atoms with Gasteiger partial charge in [0.2, 0.25) is 5.78 Å². The van der Waals surface area contributed by atoms with Gasteiger partial charge in [-0.25, -0.2) is 9.97 Å². The molecule has 1 aliphatic carbocycles. The zero-order valence-electron chi connectivity index (χ0n) is 20.3. The van der Waals surface area contributed by atoms with Crippen molar-refractivity contribution in [2.75, 3.05) is 0 Å². The number of aromatic amines is 1. The Morgan fingerprint density at radius 2 is 1.86 bits per heavy atom. The van der Waals surface area contributed by atoms with Crippen LogP contribution in [-0.2, 0) is 6.42 Å². The molecule has 0 amide bonds. The number of benzene rings is 1. The summed E-state index contributed by atoms with van der Waals surface area (Å²) in [4.78, 5) is 28.1. The number of thiazole rings is 1. The zero-order valence-corrected chi connectivity index (χ0v) is 21.1. The van der Waals surface area contributed by atoms with E-state index in [1.807, 2.05) is 62.5 Å². The van der Waals surface area contributed by atoms with Crippen LogP contribution in [0.25, 0.3) is 27.3 Å². The second kappa shape index (κ2) is 9.08. The standard InChI is InChI=1S/C29H30N4OS/c1-18-25(21-12-6-7-13-22(21)30-18)27(34)28-23(16-15-20-10-4-3-5-11-20)32-29(35-28)26-19(2)31-24-14-8-9-17-33(24)26/h6-9,12-14,17,20,30H,3-5,10-11,15-16H2,1-2H3. The monoisotopic (exact) mass is 482 g/mol. The lowest BCUT2D eigenvalue weighted by Crippen LogP contribution is -2.09. The van der Waals surface area contributed by atoms with Crippen LogP contribution in [-0.4, -0.2) is 25.1 Å². The number of nitrogens with zero attached hydrogens (tertiary/aromatic N) is 3. The first-order chi connectivity index (χ1) is 17.1. The maximum atomic E-state index is 14.1. The molecule has 1 fully saturated rings. The van der Waals surface area contributed by atoms with Gasteiger partial charge in [-0.3, -0.25) is 9.20 Å². The van der Waals surface area contributed by atoms with E-state index < -0.39 is 0 Å². The molecule has 1 N–H and O–H groups in total. The van der Waals surface area contributed by atoms with Crippen molar-refractivity contribution in [1.82, 2.24) is 19.4 Å². The quantitative estimate of drug-likeness (QED) is 0.258. The fraction of sp³-hybridized carbons (Fsp3) is 0.345. The van der Waals surface area contributed by atoms with Crippen LogP contribution in [0.4, 0.5) is 0 Å². The van der Waals surface area contributed by atoms with Crippen molar-refractivity contribution in [2.24, 2.45) is 5.92 Å². The molecule has 5 nitrogen and oxygen atoms in total. The van der Waals surface area contributed by atoms with Gasteiger partial charge >= 0.3 is 0 Å². The molecule has 6 heteroatoms. The van der Waals surface area contributed by atoms with Gasteiger partial charge in [0.05, 0.1) is 21.8 Å². The number of aromatic nitrogens is 4. The number of pyridine rings is 1. The number of fused-ring (bicyclic) bond motifs is 2. The maximum absolute atomic E-state index is 14.1. The minimum atomic E-state index is 0.0776. The normalized spacial score (nSPS) is 14.8. The number of hydrogen-bond donors (Lipinski definition) is 1. The Bertz CT molecular complexity index is 1530. The highest BCUT2D eigenvalue weighted by atomic mass is 32.1. The topological polar surface area (TPSA) is 63.1 Å². The Labute approximate surface area is 209 Å². The largest absolute Gasteiger partial charge is 0.358 e. The summed E-state index contributed by atoms with van der Waals surface area (Å²) in [6.07, 6.45) is 10.6. The number of rotatable bonds is 6. The van der Waals surface area contributed by atoms with Gasteiger partial charge in [-0.15, -0.1) is 11.3 Å². The Hall–Kier alpha value is -3.25. The predicted molar refractivity (Wildman–Crippen MR) is 142 cm³/mol. The molecule has 5 aromatic rings. The van der Waals surface area contributed by atoms with Crippen LogP contribution < -0.4 is 0 Å². The number of imidazole rings is 1. The minimum absolute atomic E-state index is 0.0776. The molecular formula is C29H30N4OS. The van der Waals surface area contributed by atoms with E-state index in [2.05, 4.69) is 9.38 Å². The molecule has 0 saturated heterocycles. The summed E-state index contributed by atoms with van der Waals surface area (Å²) in [5.74, 6) is 0.818. The predicted octanol–water partition coefficient (Wildman–Crippen LogP) is 7.30. The number of carbonyl (C=O) groups is 1. The average Bonchev–Trinajstić information content (AvgIpc) is 3.54. The van der Waals surface area contributed by atoms with Gasteiger partial charge in [0.1, 0.15) is 16.3 Å². The summed E-state index contributed by atoms with van der Waals surface area (Å²) in [7, 11) is 0. The molecule has 0 unspecified atom stereocenters. The van der Waals surface area contributed by atoms with Crippen LogP contribution >= 0.6 is 11.3 Å². The maximum Gasteiger partial charge on any atom is 0.207 e. The van der Waals surface area contributed by atoms with Gasteiger partial charge < -0.3 is 4.98 Å². The fourth-order valence-electron chi connectivity index (χ4n) is 5.67. The van der Waals surface area contributed by atoms with Crippen molar-refractivity contribution in [3.63, 3.8) is 0 Å². The highest BCUT2D eigenvalue weighted by molar-refractivity contribution is 7.17. The summed E-state index contributed by atoms with van der Waals surface area (Å²) in [5.41, 5.74) is 6.44. The van der Waals surface area contributed by atoms with Gasteiger partial charge in [-0.1, -0.05) is 56.4 Å². The molecule has 0 aliphatic heterocycles. The summed E-state index contributed by atoms with van der Waals surface area (Å²) in [6, 6.07) is 14.1. The first kappa shape index (κ1) is 22.2. The fourth-order valence-corrected chi connectivity index (χ4v) is 6.82. The van der Waals surface area contributed by atoms with Crippen LogP contribution in [0, 0.1) is 19.8 Å². The van der Waals surface area contributed by atoms with Gasteiger partial charge in [0.15, 0.2) is 0 Å². The highest BCUT2D eigenvalue weighted by Crippen LogP contribution is 2.36. The lowest BCUT2D eigenvalue weighted by Gasteiger charge is -2.21. The molecular weight excluding hydrogens is 452 g/mol. The molecule has 0 bridgehead atoms. The molecule has 6 rings (SSSR count). The lowest BCUT2D eigenvalue weighted by molar-refractivity contribution is 0.104. The number of ketones is 1. The van der Waals surface area contributed by atoms with Crippen LogP contribution in [0.15, 0.2) is 48.7 Å². The van der Waals surface area contributed by atoms with Gasteiger partial charge in [-0.05, 0) is 50.8 Å². The van der Waals surface area contributed by atoms with Crippen LogP contribution in [0.5, 0.6) is 0 Å². The first-order valence-corrected chi connectivity index (χ1v) is 13.5. The van der Waals surface area contributed by atoms with E-state index in [-0.39, 0.29) is 5.78 Å². The second-order valence-corrected chi connectivity index (χ2v) is 10.8. The van der Waals surface area contributed by atoms with Gasteiger partial charge in [0.25, 0.3) is 0 Å². The molecule has 1 aromatic carbocycles. The number of carbonyl (C=O) groups excluding carboxylic acids is 1. The molecule has 178 valence electrons. The molecule has 0 radical (unpaired) electrons. The highest BCUT2D eigenvalue weighted by Gasteiger charge is 2.26. The molecule has 35 heavy (non-hydrogen) atoms. The van der Waals surface area contributed by atoms with E-state index in [1.54, 1.807) is 0 Å². The van der Waals surface area contributed by atoms with E-state index in [1.165, 1.54) is 43.4 Å². The number of aryl methyl sites for hydroxylation is 3. The van der Waals surface area contributed by atoms with Crippen molar-refractivity contribution in [1.29, 1.82) is 0 Å². The Morgan fingerprint density at radius 3 is 2.71 bits per heavy atom. The van der Waals surface area contributed by atoms with E-state index in [9.17, 15) is 4.79 Å². The number of para-hydroxylation sites is 1. The number of nitrogens with one attached hydrogen (secondary N) is 1. The van der Waals surface area contributed by atoms with Crippen LogP contribution in [0.2, 0.25) is 0 Å². The SMILES string of the molecule is Cc1nc2ccccn2c1-c1nc(CCC2CCCCC2)c(C(=O)c2c(C)[nH]c3ccccc23)s1. The zero-order chi connectivity index (χ0) is 23.9. The van der Waals surface area contributed by atoms with Crippen molar-refractivity contribution >= 4 is 33.7 Å². The third kappa shape index (κ3) is 4.00. The molecule has 4 aromatic heterocycles. The lowest BCUT2D eigenvalue weighted by atomic mass is 9.85.